The van der Waals surface area contributed by atoms with Crippen LogP contribution >= 0.6 is 0 Å². The Balaban J connectivity index is 1.90. The summed E-state index contributed by atoms with van der Waals surface area (Å²) in [4.78, 5) is 4.30. The van der Waals surface area contributed by atoms with E-state index in [4.69, 9.17) is 0 Å². The van der Waals surface area contributed by atoms with Gasteiger partial charge >= 0.3 is 0 Å². The second-order valence-electron chi connectivity index (χ2n) is 4.81. The molecule has 19 heavy (non-hydrogen) atoms. The molecule has 2 rings (SSSR count). The zero-order valence-corrected chi connectivity index (χ0v) is 11.4. The number of hydrogen-bond donors (Lipinski definition) is 2. The van der Waals surface area contributed by atoms with E-state index in [0.29, 0.717) is 6.54 Å². The Labute approximate surface area is 114 Å². The third-order valence-corrected chi connectivity index (χ3v) is 3.21. The maximum absolute atomic E-state index is 10.1. The standard InChI is InChI=1S/C16H20N2O/c1-12-6-8-14(9-7-12)16(19)11-18-13(2)15-5-3-4-10-17-15/h3-10,13,16,18-19H,11H2,1-2H3. The summed E-state index contributed by atoms with van der Waals surface area (Å²) in [7, 11) is 0. The van der Waals surface area contributed by atoms with Gasteiger partial charge in [-0.2, -0.15) is 0 Å². The minimum Gasteiger partial charge on any atom is -0.387 e. The van der Waals surface area contributed by atoms with Crippen molar-refractivity contribution in [2.45, 2.75) is 26.0 Å². The van der Waals surface area contributed by atoms with Crippen LogP contribution in [0, 0.1) is 6.92 Å². The van der Waals surface area contributed by atoms with Crippen molar-refractivity contribution in [2.75, 3.05) is 6.54 Å². The SMILES string of the molecule is Cc1ccc(C(O)CNC(C)c2ccccn2)cc1. The minimum absolute atomic E-state index is 0.126. The van der Waals surface area contributed by atoms with Crippen molar-refractivity contribution in [2.24, 2.45) is 0 Å². The van der Waals surface area contributed by atoms with Crippen molar-refractivity contribution in [1.29, 1.82) is 0 Å². The zero-order chi connectivity index (χ0) is 13.7. The van der Waals surface area contributed by atoms with Gasteiger partial charge in [0.25, 0.3) is 0 Å². The molecule has 2 aromatic rings. The first-order valence-electron chi connectivity index (χ1n) is 6.56. The molecule has 1 aromatic carbocycles. The Bertz CT molecular complexity index is 496. The summed E-state index contributed by atoms with van der Waals surface area (Å²) < 4.78 is 0. The predicted octanol–water partition coefficient (Wildman–Crippen LogP) is 2.77. The molecule has 0 saturated heterocycles. The van der Waals surface area contributed by atoms with Gasteiger partial charge in [-0.15, -0.1) is 0 Å². The lowest BCUT2D eigenvalue weighted by Crippen LogP contribution is -2.25. The van der Waals surface area contributed by atoms with Gasteiger partial charge in [0.1, 0.15) is 0 Å². The van der Waals surface area contributed by atoms with Crippen molar-refractivity contribution >= 4 is 0 Å². The molecule has 0 bridgehead atoms. The van der Waals surface area contributed by atoms with Gasteiger partial charge in [-0.25, -0.2) is 0 Å². The normalized spacial score (nSPS) is 14.1. The molecule has 1 heterocycles. The largest absolute Gasteiger partial charge is 0.387 e. The van der Waals surface area contributed by atoms with Crippen molar-refractivity contribution < 1.29 is 5.11 Å². The molecule has 0 aliphatic rings. The van der Waals surface area contributed by atoms with Crippen molar-refractivity contribution in [3.63, 3.8) is 0 Å². The Morgan fingerprint density at radius 1 is 1.16 bits per heavy atom. The number of nitrogens with zero attached hydrogens (tertiary/aromatic N) is 1. The molecule has 2 atom stereocenters. The number of aliphatic hydroxyl groups excluding tert-OH is 1. The molecule has 0 radical (unpaired) electrons. The second-order valence-corrected chi connectivity index (χ2v) is 4.81. The maximum Gasteiger partial charge on any atom is 0.0914 e. The number of rotatable bonds is 5. The van der Waals surface area contributed by atoms with E-state index in [-0.39, 0.29) is 6.04 Å². The first-order chi connectivity index (χ1) is 9.16. The number of aryl methyl sites for hydroxylation is 1. The van der Waals surface area contributed by atoms with Gasteiger partial charge in [0.05, 0.1) is 11.8 Å². The molecule has 0 aliphatic heterocycles. The van der Waals surface area contributed by atoms with Crippen LogP contribution in [-0.4, -0.2) is 16.6 Å². The highest BCUT2D eigenvalue weighted by Gasteiger charge is 2.10. The molecular formula is C16H20N2O. The average molecular weight is 256 g/mol. The number of aromatic nitrogens is 1. The van der Waals surface area contributed by atoms with E-state index in [1.807, 2.05) is 56.3 Å². The molecule has 100 valence electrons. The fraction of sp³-hybridized carbons (Fsp3) is 0.312. The van der Waals surface area contributed by atoms with Crippen LogP contribution in [0.25, 0.3) is 0 Å². The number of nitrogens with one attached hydrogen (secondary N) is 1. The lowest BCUT2D eigenvalue weighted by molar-refractivity contribution is 0.170. The van der Waals surface area contributed by atoms with Crippen LogP contribution < -0.4 is 5.32 Å². The van der Waals surface area contributed by atoms with E-state index in [0.717, 1.165) is 11.3 Å². The first kappa shape index (κ1) is 13.7. The van der Waals surface area contributed by atoms with Gasteiger partial charge in [0, 0.05) is 18.8 Å². The Kier molecular flexibility index (Phi) is 4.66. The third-order valence-electron chi connectivity index (χ3n) is 3.21. The maximum atomic E-state index is 10.1. The van der Waals surface area contributed by atoms with E-state index in [1.54, 1.807) is 6.20 Å². The van der Waals surface area contributed by atoms with E-state index < -0.39 is 6.10 Å². The van der Waals surface area contributed by atoms with Gasteiger partial charge in [-0.05, 0) is 31.5 Å². The van der Waals surface area contributed by atoms with Crippen LogP contribution in [0.1, 0.15) is 35.9 Å². The van der Waals surface area contributed by atoms with E-state index in [2.05, 4.69) is 10.3 Å². The van der Waals surface area contributed by atoms with Gasteiger partial charge in [-0.1, -0.05) is 35.9 Å². The van der Waals surface area contributed by atoms with Crippen LogP contribution in [0.15, 0.2) is 48.7 Å². The van der Waals surface area contributed by atoms with Gasteiger partial charge in [0.15, 0.2) is 0 Å². The quantitative estimate of drug-likeness (QED) is 0.864. The highest BCUT2D eigenvalue weighted by atomic mass is 16.3. The van der Waals surface area contributed by atoms with Gasteiger partial charge < -0.3 is 10.4 Å². The van der Waals surface area contributed by atoms with E-state index >= 15 is 0 Å². The van der Waals surface area contributed by atoms with E-state index in [1.165, 1.54) is 5.56 Å². The zero-order valence-electron chi connectivity index (χ0n) is 11.4. The summed E-state index contributed by atoms with van der Waals surface area (Å²) in [5.74, 6) is 0. The highest BCUT2D eigenvalue weighted by molar-refractivity contribution is 5.23. The fourth-order valence-electron chi connectivity index (χ4n) is 1.93. The molecule has 2 N–H and O–H groups in total. The van der Waals surface area contributed by atoms with E-state index in [9.17, 15) is 5.11 Å². The summed E-state index contributed by atoms with van der Waals surface area (Å²) in [5.41, 5.74) is 3.12. The number of pyridine rings is 1. The third kappa shape index (κ3) is 3.88. The molecule has 0 spiro atoms. The first-order valence-corrected chi connectivity index (χ1v) is 6.56. The average Bonchev–Trinajstić information content (AvgIpc) is 2.46. The lowest BCUT2D eigenvalue weighted by atomic mass is 10.1. The summed E-state index contributed by atoms with van der Waals surface area (Å²) >= 11 is 0. The van der Waals surface area contributed by atoms with Crippen molar-refractivity contribution in [1.82, 2.24) is 10.3 Å². The summed E-state index contributed by atoms with van der Waals surface area (Å²) in [6, 6.07) is 13.9. The molecule has 0 fully saturated rings. The molecule has 3 heteroatoms. The topological polar surface area (TPSA) is 45.1 Å². The van der Waals surface area contributed by atoms with Crippen LogP contribution in [-0.2, 0) is 0 Å². The molecule has 0 aliphatic carbocycles. The molecule has 0 saturated carbocycles. The highest BCUT2D eigenvalue weighted by Crippen LogP contribution is 2.15. The Hall–Kier alpha value is -1.71. The molecule has 2 unspecified atom stereocenters. The monoisotopic (exact) mass is 256 g/mol. The number of hydrogen-bond acceptors (Lipinski definition) is 3. The van der Waals surface area contributed by atoms with Crippen LogP contribution in [0.3, 0.4) is 0 Å². The van der Waals surface area contributed by atoms with Crippen molar-refractivity contribution in [3.8, 4) is 0 Å². The second kappa shape index (κ2) is 6.45. The van der Waals surface area contributed by atoms with Crippen LogP contribution in [0.4, 0.5) is 0 Å². The predicted molar refractivity (Wildman–Crippen MR) is 76.8 cm³/mol. The minimum atomic E-state index is -0.494. The Morgan fingerprint density at radius 2 is 1.89 bits per heavy atom. The molecule has 0 amide bonds. The van der Waals surface area contributed by atoms with Crippen molar-refractivity contribution in [3.05, 3.63) is 65.5 Å². The summed E-state index contributed by atoms with van der Waals surface area (Å²) in [6.45, 7) is 4.60. The lowest BCUT2D eigenvalue weighted by Gasteiger charge is -2.17. The fourth-order valence-corrected chi connectivity index (χ4v) is 1.93. The van der Waals surface area contributed by atoms with Gasteiger partial charge in [0.2, 0.25) is 0 Å². The number of aliphatic hydroxyl groups is 1. The Morgan fingerprint density at radius 3 is 2.53 bits per heavy atom. The molecule has 1 aromatic heterocycles. The number of benzene rings is 1. The summed E-state index contributed by atoms with van der Waals surface area (Å²) in [6.07, 6.45) is 1.29. The smallest absolute Gasteiger partial charge is 0.0914 e. The molecular weight excluding hydrogens is 236 g/mol. The van der Waals surface area contributed by atoms with Crippen LogP contribution in [0.2, 0.25) is 0 Å². The van der Waals surface area contributed by atoms with Crippen LogP contribution in [0.5, 0.6) is 0 Å². The molecule has 3 nitrogen and oxygen atoms in total. The summed E-state index contributed by atoms with van der Waals surface area (Å²) in [5, 5.41) is 13.4. The van der Waals surface area contributed by atoms with Gasteiger partial charge in [-0.3, -0.25) is 4.98 Å².